The number of hydrogen-bond donors (Lipinski definition) is 10. The van der Waals surface area contributed by atoms with Gasteiger partial charge in [0.05, 0.1) is 35.3 Å². The zero-order chi connectivity index (χ0) is 106. The number of ether oxygens (including phenoxy) is 2. The lowest BCUT2D eigenvalue weighted by molar-refractivity contribution is -0.156. The van der Waals surface area contributed by atoms with Crippen LogP contribution in [0, 0.1) is 11.8 Å². The molecule has 0 radical (unpaired) electrons. The number of anilines is 2. The molecule has 146 heavy (non-hydrogen) atoms. The number of nitrogens with one attached hydrogen (secondary N) is 3. The topological polar surface area (TPSA) is 625 Å². The van der Waals surface area contributed by atoms with Crippen LogP contribution in [0.1, 0.15) is 118 Å². The average molecular weight is 2400 g/mol. The Morgan fingerprint density at radius 3 is 1.16 bits per heavy atom. The summed E-state index contributed by atoms with van der Waals surface area (Å²) in [4.78, 5) is 162. The number of alkyl halides is 1. The number of esters is 2. The van der Waals surface area contributed by atoms with Gasteiger partial charge in [-0.2, -0.15) is 33.9 Å². The van der Waals surface area contributed by atoms with Gasteiger partial charge in [0.25, 0.3) is 23.6 Å². The Hall–Kier alpha value is -12.0. The van der Waals surface area contributed by atoms with Crippen molar-refractivity contribution in [3.63, 3.8) is 0 Å². The quantitative estimate of drug-likeness (QED) is 0.0197. The Morgan fingerprint density at radius 1 is 0.500 bits per heavy atom. The molecular formula is C88H96BBr3ClFN26O16S10. The smallest absolute Gasteiger partial charge is 0.480 e. The Balaban J connectivity index is 0.000000312. The number of amides is 7. The third-order valence-electron chi connectivity index (χ3n) is 20.3. The molecule has 16 N–H and O–H groups in total. The summed E-state index contributed by atoms with van der Waals surface area (Å²) in [7, 11) is 2.29. The molecule has 0 unspecified atom stereocenters. The van der Waals surface area contributed by atoms with E-state index < -0.39 is 65.9 Å². The minimum atomic E-state index is -1.47. The highest BCUT2D eigenvalue weighted by Gasteiger charge is 2.56. The molecule has 4 aromatic carbocycles. The maximum absolute atomic E-state index is 13.5. The molecule has 772 valence electrons. The minimum absolute atomic E-state index is 0. The molecular weight excluding hydrogens is 2300 g/mol. The highest BCUT2D eigenvalue weighted by Crippen LogP contribution is 2.48. The molecule has 4 aliphatic rings. The monoisotopic (exact) mass is 2400 g/mol. The second-order valence-electron chi connectivity index (χ2n) is 32.4. The van der Waals surface area contributed by atoms with Gasteiger partial charge in [0.15, 0.2) is 22.8 Å². The third-order valence-corrected chi connectivity index (χ3v) is 23.9. The second-order valence-corrected chi connectivity index (χ2v) is 40.2. The van der Waals surface area contributed by atoms with Gasteiger partial charge in [-0.15, -0.1) is 12.4 Å². The molecule has 2 saturated carbocycles. The number of halogens is 5. The molecule has 58 heteroatoms. The van der Waals surface area contributed by atoms with E-state index in [4.69, 9.17) is 54.5 Å². The van der Waals surface area contributed by atoms with Crippen LogP contribution in [0.15, 0.2) is 198 Å². The maximum atomic E-state index is 13.5. The molecule has 6 atom stereocenters. The van der Waals surface area contributed by atoms with Crippen LogP contribution in [0.25, 0.3) is 77.0 Å². The van der Waals surface area contributed by atoms with Crippen molar-refractivity contribution < 1.29 is 83.9 Å². The average Bonchev–Trinajstić information content (AvgIpc) is 1.58. The fourth-order valence-corrected chi connectivity index (χ4v) is 15.6. The minimum Gasteiger partial charge on any atom is -0.480 e. The van der Waals surface area contributed by atoms with Crippen molar-refractivity contribution >= 4 is 295 Å². The lowest BCUT2D eigenvalue weighted by Gasteiger charge is -2.26. The van der Waals surface area contributed by atoms with E-state index in [0.717, 1.165) is 70.1 Å². The number of carbonyl (C=O) groups is 10. The summed E-state index contributed by atoms with van der Waals surface area (Å²) < 4.78 is 32.5. The van der Waals surface area contributed by atoms with Crippen molar-refractivity contribution in [2.45, 2.75) is 136 Å². The first-order chi connectivity index (χ1) is 68.7. The summed E-state index contributed by atoms with van der Waals surface area (Å²) in [6, 6.07) is 32.0. The Bertz CT molecular complexity index is 7060. The summed E-state index contributed by atoms with van der Waals surface area (Å²) in [6.45, 7) is 10.1. The van der Waals surface area contributed by atoms with Crippen LogP contribution < -0.4 is 44.3 Å². The van der Waals surface area contributed by atoms with Crippen molar-refractivity contribution in [3.8, 4) is 33.4 Å². The van der Waals surface area contributed by atoms with E-state index in [2.05, 4.69) is 201 Å². The number of hydrogen-bond acceptors (Lipinski definition) is 35. The van der Waals surface area contributed by atoms with E-state index >= 15 is 0 Å². The van der Waals surface area contributed by atoms with Crippen molar-refractivity contribution in [1.82, 2.24) is 99.2 Å². The van der Waals surface area contributed by atoms with Gasteiger partial charge in [-0.1, -0.05) is 53.7 Å². The molecule has 2 saturated heterocycles. The SMILES string of the molecule is C.CC(C)(C)OC(=O)Cn1nc(C(N)=O)c2cc(-c3cncnc3)ccc21.CC(C)(C)OC(=O)Cn1nc(C(N)=O)c2cc(Br)ccc21.CF.Cl.NC(=O)c1nn(CC(=O)N2[C@@H]3C[C@@H]3C[C@H]2C(=O)Nc2cccc(Br)n2)c2ccc(-c3cncnc3)cc12.NC(=O)c1nn(CC(=O)O)c2ccc(-c3cncnc3)cc12.O=C(Nc1cccc(Br)n1)[C@@H]1C[C@H]2C[C@H]2N1.OB(O)c1cncnc1.S.S=S.S=S=S.S=S=S=S.[2H]O. The zero-order valence-electron chi connectivity index (χ0n) is 78.1. The molecule has 2 aliphatic heterocycles. The van der Waals surface area contributed by atoms with Crippen LogP contribution in [0.3, 0.4) is 0 Å². The third kappa shape index (κ3) is 35.9. The summed E-state index contributed by atoms with van der Waals surface area (Å²) in [6.07, 6.45) is 21.9. The molecule has 42 nitrogen and oxygen atoms in total. The first-order valence-corrected chi connectivity index (χ1v) is 52.0. The molecule has 7 amide bonds. The summed E-state index contributed by atoms with van der Waals surface area (Å²) >= 11 is 34.1. The van der Waals surface area contributed by atoms with Gasteiger partial charge in [0.1, 0.15) is 89.6 Å². The molecule has 2 aliphatic carbocycles. The number of aromatic nitrogens is 18. The van der Waals surface area contributed by atoms with Crippen molar-refractivity contribution in [3.05, 3.63) is 221 Å². The first-order valence-electron chi connectivity index (χ1n) is 42.1. The van der Waals surface area contributed by atoms with Crippen molar-refractivity contribution in [2.24, 2.45) is 34.8 Å². The van der Waals surface area contributed by atoms with Crippen molar-refractivity contribution in [1.29, 1.82) is 0 Å². The first kappa shape index (κ1) is 123. The Morgan fingerprint density at radius 2 is 0.842 bits per heavy atom. The molecule has 18 rings (SSSR count). The number of nitrogens with zero attached hydrogens (tertiary/aromatic N) is 19. The number of benzene rings is 4. The van der Waals surface area contributed by atoms with Crippen LogP contribution in [-0.2, 0) is 158 Å². The van der Waals surface area contributed by atoms with E-state index in [1.165, 1.54) is 80.6 Å². The summed E-state index contributed by atoms with van der Waals surface area (Å²) in [5.41, 5.74) is 34.6. The predicted octanol–water partition coefficient (Wildman–Crippen LogP) is 7.83. The van der Waals surface area contributed by atoms with E-state index in [1.54, 1.807) is 169 Å². The van der Waals surface area contributed by atoms with Gasteiger partial charge in [-0.05, 0) is 206 Å². The van der Waals surface area contributed by atoms with Crippen LogP contribution >= 0.6 is 73.7 Å². The van der Waals surface area contributed by atoms with E-state index in [0.29, 0.717) is 90.9 Å². The van der Waals surface area contributed by atoms with E-state index in [9.17, 15) is 52.3 Å². The van der Waals surface area contributed by atoms with Gasteiger partial charge in [-0.25, -0.2) is 49.8 Å². The summed E-state index contributed by atoms with van der Waals surface area (Å²) in [5.74, 6) is -3.08. The second kappa shape index (κ2) is 59.1. The molecule has 14 aromatic rings. The van der Waals surface area contributed by atoms with Crippen LogP contribution in [-0.4, -0.2) is 223 Å². The highest BCUT2D eigenvalue weighted by molar-refractivity contribution is 9.11. The fraction of sp³-hybridized carbons (Fsp3) is 0.273. The molecule has 12 heterocycles. The van der Waals surface area contributed by atoms with Gasteiger partial charge in [0, 0.05) is 204 Å². The van der Waals surface area contributed by atoms with Crippen LogP contribution in [0.4, 0.5) is 16.0 Å². The Labute approximate surface area is 912 Å². The maximum Gasteiger partial charge on any atom is 0.491 e. The summed E-state index contributed by atoms with van der Waals surface area (Å²) in [5, 5.41) is 53.7. The standard InChI is InChI=1S/C25H21BrN8O3.C18H19N5O3.C14H16BrN3O3.C14H11N5O3.C11H12BrN3O.C4H5BN2O2.CH3F.CH4.ClH.H2O.S4.S3.S2.H2S/c26-20-2-1-3-21(30-20)31-25(37)19-8-14-7-18(14)34(19)22(35)11-33-17-5-4-13(15-9-28-12-29-10-15)6-16(17)23(32-33)24(27)36;1-18(2,3)26-15(24)9-23-14-5-4-11(12-7-20-10-21-8-12)6-13(14)16(22-23)17(19)25;1-14(2,3)21-11(19)7-18-10-5-4-8(15)6-9(10)12(17-18)13(16)20;15-14(22)13-10-3-8(9-4-16-7-17-5-9)1-2-11(10)19(18-13)6-12(20)21;12-9-2-1-3-10(14-9)15-11(16)8-5-6-4-7(6)13-8;8-5(9)4-1-6-3-7-2-4;1-2;;;;1-3-4-2;1-3-2;1-2;/h1-6,9-10,12,14,18-19H,7-8,11H2,(H2,27,36)(H,30,31,37);4-8,10H,9H2,1-3H3,(H2,19,25);4-6H,7H2,1-3H3,(H2,16,20);1-5,7H,6H2,(H2,15,22)(H,20,21);1-3,6-8,13H,4-5H2,(H,14,15,16);1-3,8-9H;1H3;1H4;1H;1H2;;;;1H2/t14-,18-,19+;;;;6-,7-,8+;;;;;;;;;/m1...1........./s1/i/hD. The number of piperidine rings is 2. The number of likely N-dealkylation sites (tertiary alicyclic amines) is 1. The normalized spacial score (nSPS) is 14.7. The molecule has 0 spiro atoms. The zero-order valence-corrected chi connectivity index (χ0v) is 91.0. The van der Waals surface area contributed by atoms with Gasteiger partial charge in [-0.3, -0.25) is 71.1 Å². The number of carboxylic acids is 1. The van der Waals surface area contributed by atoms with Gasteiger partial charge < -0.3 is 73.9 Å². The lowest BCUT2D eigenvalue weighted by Crippen LogP contribution is -2.46. The number of fused-ring (bicyclic) bond motifs is 6. The number of rotatable bonds is 20. The molecule has 10 aromatic heterocycles. The number of carboxylic acid groups (broad SMARTS) is 1. The van der Waals surface area contributed by atoms with Crippen LogP contribution in [0.5, 0.6) is 0 Å². The number of aliphatic carboxylic acids is 1. The van der Waals surface area contributed by atoms with Crippen molar-refractivity contribution in [2.75, 3.05) is 17.8 Å². The lowest BCUT2D eigenvalue weighted by atomic mass is 9.83. The number of pyridine rings is 2. The highest BCUT2D eigenvalue weighted by atomic mass is 79.9. The van der Waals surface area contributed by atoms with E-state index in [1.807, 2.05) is 24.3 Å². The molecule has 4 fully saturated rings. The number of nitrogens with two attached hydrogens (primary N) is 4. The number of primary amides is 4. The van der Waals surface area contributed by atoms with Gasteiger partial charge in [0.2, 0.25) is 19.2 Å². The molecule has 0 bridgehead atoms. The largest absolute Gasteiger partial charge is 0.491 e. The van der Waals surface area contributed by atoms with Gasteiger partial charge >= 0.3 is 25.0 Å². The van der Waals surface area contributed by atoms with Crippen LogP contribution in [0.2, 0.25) is 0 Å². The predicted molar refractivity (Wildman–Crippen MR) is 588 cm³/mol. The van der Waals surface area contributed by atoms with E-state index in [-0.39, 0.29) is 112 Å². The Kier molecular flexibility index (Phi) is 49.6. The number of carbonyl (C=O) groups excluding carboxylic acids is 9. The fourth-order valence-electron chi connectivity index (χ4n) is 14.5.